The van der Waals surface area contributed by atoms with Crippen molar-refractivity contribution in [3.8, 4) is 11.5 Å². The maximum absolute atomic E-state index is 12.8. The van der Waals surface area contributed by atoms with Gasteiger partial charge >= 0.3 is 0 Å². The second kappa shape index (κ2) is 8.10. The molecule has 1 heterocycles. The Balaban J connectivity index is 1.46. The van der Waals surface area contributed by atoms with E-state index < -0.39 is 0 Å². The molecular weight excluding hydrogens is 364 g/mol. The lowest BCUT2D eigenvalue weighted by Crippen LogP contribution is -2.15. The van der Waals surface area contributed by atoms with Gasteiger partial charge in [-0.05, 0) is 48.0 Å². The molecule has 3 aromatic carbocycles. The zero-order valence-corrected chi connectivity index (χ0v) is 16.4. The van der Waals surface area contributed by atoms with Crippen molar-refractivity contribution in [1.29, 1.82) is 0 Å². The summed E-state index contributed by atoms with van der Waals surface area (Å²) in [5.41, 5.74) is 3.32. The van der Waals surface area contributed by atoms with Crippen molar-refractivity contribution in [1.82, 2.24) is 4.57 Å². The molecule has 0 aliphatic rings. The van der Waals surface area contributed by atoms with E-state index in [1.54, 1.807) is 7.11 Å². The number of carbonyl (C=O) groups is 1. The van der Waals surface area contributed by atoms with Gasteiger partial charge in [0.15, 0.2) is 0 Å². The molecule has 146 valence electrons. The molecule has 1 aromatic heterocycles. The summed E-state index contributed by atoms with van der Waals surface area (Å²) in [5, 5.41) is 3.85. The Bertz CT molecular complexity index is 1130. The van der Waals surface area contributed by atoms with Crippen LogP contribution in [-0.2, 0) is 13.7 Å². The van der Waals surface area contributed by atoms with E-state index in [4.69, 9.17) is 9.47 Å². The molecule has 0 unspecified atom stereocenters. The van der Waals surface area contributed by atoms with E-state index in [-0.39, 0.29) is 5.91 Å². The fourth-order valence-corrected chi connectivity index (χ4v) is 3.30. The highest BCUT2D eigenvalue weighted by Crippen LogP contribution is 2.28. The summed E-state index contributed by atoms with van der Waals surface area (Å²) in [6, 6.07) is 25.0. The molecule has 0 spiro atoms. The molecule has 0 radical (unpaired) electrons. The molecule has 0 atom stereocenters. The van der Waals surface area contributed by atoms with Crippen LogP contribution in [0.15, 0.2) is 78.9 Å². The first kappa shape index (κ1) is 18.6. The Morgan fingerprint density at radius 2 is 1.72 bits per heavy atom. The quantitative estimate of drug-likeness (QED) is 0.506. The number of nitrogens with one attached hydrogen (secondary N) is 1. The van der Waals surface area contributed by atoms with Crippen molar-refractivity contribution in [3.63, 3.8) is 0 Å². The number of nitrogens with zero attached hydrogens (tertiary/aromatic N) is 1. The maximum Gasteiger partial charge on any atom is 0.272 e. The van der Waals surface area contributed by atoms with Crippen molar-refractivity contribution < 1.29 is 14.3 Å². The third-order valence-electron chi connectivity index (χ3n) is 4.86. The fraction of sp³-hybridized carbons (Fsp3) is 0.125. The average molecular weight is 386 g/mol. The SMILES string of the molecule is COc1cccc2c1cc(C(=O)Nc1ccc(OCc3ccccc3)cc1)n2C. The van der Waals surface area contributed by atoms with Gasteiger partial charge in [0.25, 0.3) is 5.91 Å². The van der Waals surface area contributed by atoms with Crippen LogP contribution in [0.1, 0.15) is 16.1 Å². The monoisotopic (exact) mass is 386 g/mol. The number of ether oxygens (including phenoxy) is 2. The maximum atomic E-state index is 12.8. The van der Waals surface area contributed by atoms with Crippen LogP contribution in [0.25, 0.3) is 10.9 Å². The lowest BCUT2D eigenvalue weighted by molar-refractivity contribution is 0.101. The number of aromatic nitrogens is 1. The smallest absolute Gasteiger partial charge is 0.272 e. The Morgan fingerprint density at radius 3 is 2.45 bits per heavy atom. The van der Waals surface area contributed by atoms with Crippen molar-refractivity contribution in [2.75, 3.05) is 12.4 Å². The van der Waals surface area contributed by atoms with Crippen LogP contribution in [0, 0.1) is 0 Å². The molecule has 0 saturated heterocycles. The van der Waals surface area contributed by atoms with Gasteiger partial charge in [-0.3, -0.25) is 4.79 Å². The molecule has 4 rings (SSSR count). The summed E-state index contributed by atoms with van der Waals surface area (Å²) in [5.74, 6) is 1.32. The van der Waals surface area contributed by atoms with E-state index in [9.17, 15) is 4.79 Å². The summed E-state index contributed by atoms with van der Waals surface area (Å²) in [6.45, 7) is 0.504. The van der Waals surface area contributed by atoms with Crippen LogP contribution in [-0.4, -0.2) is 17.6 Å². The lowest BCUT2D eigenvalue weighted by Gasteiger charge is -2.09. The largest absolute Gasteiger partial charge is 0.496 e. The van der Waals surface area contributed by atoms with E-state index in [1.807, 2.05) is 90.5 Å². The summed E-state index contributed by atoms with van der Waals surface area (Å²) in [7, 11) is 3.50. The van der Waals surface area contributed by atoms with Gasteiger partial charge in [-0.2, -0.15) is 0 Å². The van der Waals surface area contributed by atoms with E-state index >= 15 is 0 Å². The van der Waals surface area contributed by atoms with E-state index in [0.717, 1.165) is 28.0 Å². The zero-order chi connectivity index (χ0) is 20.2. The summed E-state index contributed by atoms with van der Waals surface area (Å²) in [4.78, 5) is 12.8. The molecule has 0 aliphatic heterocycles. The summed E-state index contributed by atoms with van der Waals surface area (Å²) in [6.07, 6.45) is 0. The van der Waals surface area contributed by atoms with Gasteiger partial charge in [-0.1, -0.05) is 36.4 Å². The third kappa shape index (κ3) is 3.94. The van der Waals surface area contributed by atoms with E-state index in [0.29, 0.717) is 18.0 Å². The number of aryl methyl sites for hydroxylation is 1. The molecule has 5 nitrogen and oxygen atoms in total. The highest BCUT2D eigenvalue weighted by Gasteiger charge is 2.15. The first-order valence-corrected chi connectivity index (χ1v) is 9.36. The molecule has 1 N–H and O–H groups in total. The number of amides is 1. The number of hydrogen-bond acceptors (Lipinski definition) is 3. The van der Waals surface area contributed by atoms with Gasteiger partial charge in [0, 0.05) is 18.1 Å². The Labute approximate surface area is 169 Å². The molecular formula is C24H22N2O3. The van der Waals surface area contributed by atoms with Gasteiger partial charge in [-0.25, -0.2) is 0 Å². The van der Waals surface area contributed by atoms with Crippen LogP contribution in [0.5, 0.6) is 11.5 Å². The first-order valence-electron chi connectivity index (χ1n) is 9.36. The predicted octanol–water partition coefficient (Wildman–Crippen LogP) is 5.02. The van der Waals surface area contributed by atoms with Crippen LogP contribution in [0.4, 0.5) is 5.69 Å². The fourth-order valence-electron chi connectivity index (χ4n) is 3.30. The topological polar surface area (TPSA) is 52.5 Å². The third-order valence-corrected chi connectivity index (χ3v) is 4.86. The Hall–Kier alpha value is -3.73. The van der Waals surface area contributed by atoms with Gasteiger partial charge in [0.05, 0.1) is 12.6 Å². The molecule has 0 bridgehead atoms. The summed E-state index contributed by atoms with van der Waals surface area (Å²) < 4.78 is 13.1. The van der Waals surface area contributed by atoms with Crippen LogP contribution in [0.3, 0.4) is 0 Å². The minimum absolute atomic E-state index is 0.177. The second-order valence-corrected chi connectivity index (χ2v) is 6.73. The molecule has 0 saturated carbocycles. The number of methoxy groups -OCH3 is 1. The minimum Gasteiger partial charge on any atom is -0.496 e. The molecule has 0 aliphatic carbocycles. The normalized spacial score (nSPS) is 10.7. The molecule has 29 heavy (non-hydrogen) atoms. The highest BCUT2D eigenvalue weighted by atomic mass is 16.5. The van der Waals surface area contributed by atoms with Crippen LogP contribution < -0.4 is 14.8 Å². The first-order chi connectivity index (χ1) is 14.2. The van der Waals surface area contributed by atoms with Gasteiger partial charge in [0.2, 0.25) is 0 Å². The zero-order valence-electron chi connectivity index (χ0n) is 16.4. The number of rotatable bonds is 6. The average Bonchev–Trinajstić information content (AvgIpc) is 3.11. The van der Waals surface area contributed by atoms with Crippen molar-refractivity contribution in [2.45, 2.75) is 6.61 Å². The van der Waals surface area contributed by atoms with Gasteiger partial charge in [0.1, 0.15) is 23.8 Å². The molecule has 0 fully saturated rings. The number of hydrogen-bond donors (Lipinski definition) is 1. The number of anilines is 1. The summed E-state index contributed by atoms with van der Waals surface area (Å²) >= 11 is 0. The Kier molecular flexibility index (Phi) is 5.20. The predicted molar refractivity (Wildman–Crippen MR) is 115 cm³/mol. The minimum atomic E-state index is -0.177. The van der Waals surface area contributed by atoms with E-state index in [2.05, 4.69) is 5.32 Å². The molecule has 5 heteroatoms. The van der Waals surface area contributed by atoms with Crippen molar-refractivity contribution in [2.24, 2.45) is 7.05 Å². The van der Waals surface area contributed by atoms with Gasteiger partial charge < -0.3 is 19.4 Å². The van der Waals surface area contributed by atoms with Crippen molar-refractivity contribution >= 4 is 22.5 Å². The Morgan fingerprint density at radius 1 is 0.966 bits per heavy atom. The number of carbonyl (C=O) groups excluding carboxylic acids is 1. The standard InChI is InChI=1S/C24H22N2O3/c1-26-21-9-6-10-23(28-2)20(21)15-22(26)24(27)25-18-11-13-19(14-12-18)29-16-17-7-4-3-5-8-17/h3-15H,16H2,1-2H3,(H,25,27). The molecule has 1 amide bonds. The van der Waals surface area contributed by atoms with Crippen LogP contribution >= 0.6 is 0 Å². The van der Waals surface area contributed by atoms with Crippen molar-refractivity contribution in [3.05, 3.63) is 90.1 Å². The van der Waals surface area contributed by atoms with Gasteiger partial charge in [-0.15, -0.1) is 0 Å². The molecule has 4 aromatic rings. The lowest BCUT2D eigenvalue weighted by atomic mass is 10.2. The number of fused-ring (bicyclic) bond motifs is 1. The highest BCUT2D eigenvalue weighted by molar-refractivity contribution is 6.07. The second-order valence-electron chi connectivity index (χ2n) is 6.73. The number of benzene rings is 3. The van der Waals surface area contributed by atoms with Crippen LogP contribution in [0.2, 0.25) is 0 Å². The van der Waals surface area contributed by atoms with E-state index in [1.165, 1.54) is 0 Å².